The van der Waals surface area contributed by atoms with Gasteiger partial charge < -0.3 is 15.8 Å². The highest BCUT2D eigenvalue weighted by molar-refractivity contribution is 5.95. The Morgan fingerprint density at radius 2 is 1.83 bits per heavy atom. The number of hydrogen-bond acceptors (Lipinski definition) is 3. The van der Waals surface area contributed by atoms with E-state index in [0.717, 1.165) is 11.3 Å². The number of anilines is 1. The van der Waals surface area contributed by atoms with Gasteiger partial charge >= 0.3 is 0 Å². The highest BCUT2D eigenvalue weighted by Crippen LogP contribution is 2.19. The first-order valence-electron chi connectivity index (χ1n) is 7.85. The van der Waals surface area contributed by atoms with E-state index in [2.05, 4.69) is 19.2 Å². The van der Waals surface area contributed by atoms with Gasteiger partial charge in [0, 0.05) is 11.3 Å². The molecule has 2 rings (SSSR count). The molecule has 0 aliphatic rings. The van der Waals surface area contributed by atoms with Crippen molar-refractivity contribution >= 4 is 11.6 Å². The van der Waals surface area contributed by atoms with E-state index in [1.54, 1.807) is 24.3 Å². The van der Waals surface area contributed by atoms with Crippen molar-refractivity contribution < 1.29 is 9.53 Å². The van der Waals surface area contributed by atoms with Crippen LogP contribution in [0.15, 0.2) is 48.5 Å². The lowest BCUT2D eigenvalue weighted by molar-refractivity contribution is 0.0940. The fraction of sp³-hybridized carbons (Fsp3) is 0.316. The summed E-state index contributed by atoms with van der Waals surface area (Å²) in [6.07, 6.45) is 0. The Kier molecular flexibility index (Phi) is 5.63. The third kappa shape index (κ3) is 5.02. The van der Waals surface area contributed by atoms with Gasteiger partial charge in [-0.25, -0.2) is 0 Å². The normalized spacial score (nSPS) is 12.0. The fourth-order valence-electron chi connectivity index (χ4n) is 2.16. The Morgan fingerprint density at radius 1 is 1.13 bits per heavy atom. The van der Waals surface area contributed by atoms with Crippen LogP contribution in [0.25, 0.3) is 0 Å². The third-order valence-corrected chi connectivity index (χ3v) is 3.46. The molecule has 0 bridgehead atoms. The average molecular weight is 312 g/mol. The summed E-state index contributed by atoms with van der Waals surface area (Å²) >= 11 is 0. The Hall–Kier alpha value is -2.49. The standard InChI is InChI=1S/C19H24N2O2/c1-13(2)12-23-18-9-7-15(8-10-18)14(3)21-19(22)16-5-4-6-17(20)11-16/h4-11,13-14H,12,20H2,1-3H3,(H,21,22). The minimum absolute atomic E-state index is 0.0944. The summed E-state index contributed by atoms with van der Waals surface area (Å²) in [5, 5.41) is 2.97. The molecule has 2 aromatic rings. The highest BCUT2D eigenvalue weighted by Gasteiger charge is 2.11. The zero-order valence-electron chi connectivity index (χ0n) is 13.9. The molecule has 4 heteroatoms. The van der Waals surface area contributed by atoms with E-state index in [1.165, 1.54) is 0 Å². The SMILES string of the molecule is CC(C)COc1ccc(C(C)NC(=O)c2cccc(N)c2)cc1. The molecule has 0 saturated heterocycles. The van der Waals surface area contributed by atoms with Crippen LogP contribution in [-0.2, 0) is 0 Å². The molecule has 4 nitrogen and oxygen atoms in total. The van der Waals surface area contributed by atoms with Crippen molar-refractivity contribution in [3.8, 4) is 5.75 Å². The van der Waals surface area contributed by atoms with Crippen molar-refractivity contribution in [2.75, 3.05) is 12.3 Å². The van der Waals surface area contributed by atoms with Gasteiger partial charge in [-0.15, -0.1) is 0 Å². The van der Waals surface area contributed by atoms with Crippen molar-refractivity contribution in [3.63, 3.8) is 0 Å². The van der Waals surface area contributed by atoms with E-state index < -0.39 is 0 Å². The molecular formula is C19H24N2O2. The maximum Gasteiger partial charge on any atom is 0.251 e. The van der Waals surface area contributed by atoms with Crippen LogP contribution in [0.3, 0.4) is 0 Å². The number of nitrogens with two attached hydrogens (primary N) is 1. The second-order valence-electron chi connectivity index (χ2n) is 6.09. The lowest BCUT2D eigenvalue weighted by Crippen LogP contribution is -2.26. The number of nitrogens with one attached hydrogen (secondary N) is 1. The zero-order chi connectivity index (χ0) is 16.8. The van der Waals surface area contributed by atoms with Gasteiger partial charge in [0.05, 0.1) is 12.6 Å². The number of carbonyl (C=O) groups excluding carboxylic acids is 1. The van der Waals surface area contributed by atoms with Crippen LogP contribution < -0.4 is 15.8 Å². The Morgan fingerprint density at radius 3 is 2.43 bits per heavy atom. The fourth-order valence-corrected chi connectivity index (χ4v) is 2.16. The maximum atomic E-state index is 12.2. The molecule has 0 spiro atoms. The molecule has 0 aliphatic carbocycles. The monoisotopic (exact) mass is 312 g/mol. The van der Waals surface area contributed by atoms with Crippen molar-refractivity contribution in [1.82, 2.24) is 5.32 Å². The average Bonchev–Trinajstić information content (AvgIpc) is 2.53. The Bertz CT molecular complexity index is 651. The minimum Gasteiger partial charge on any atom is -0.493 e. The van der Waals surface area contributed by atoms with E-state index in [0.29, 0.717) is 23.8 Å². The van der Waals surface area contributed by atoms with Crippen LogP contribution in [0.1, 0.15) is 42.7 Å². The smallest absolute Gasteiger partial charge is 0.251 e. The number of amides is 1. The second kappa shape index (κ2) is 7.68. The topological polar surface area (TPSA) is 64.3 Å². The van der Waals surface area contributed by atoms with Crippen molar-refractivity contribution in [2.45, 2.75) is 26.8 Å². The van der Waals surface area contributed by atoms with E-state index >= 15 is 0 Å². The molecular weight excluding hydrogens is 288 g/mol. The molecule has 0 aromatic heterocycles. The molecule has 0 heterocycles. The predicted molar refractivity (Wildman–Crippen MR) is 93.5 cm³/mol. The number of nitrogen functional groups attached to an aromatic ring is 1. The summed E-state index contributed by atoms with van der Waals surface area (Å²) < 4.78 is 5.66. The van der Waals surface area contributed by atoms with Gasteiger partial charge in [0.1, 0.15) is 5.75 Å². The highest BCUT2D eigenvalue weighted by atomic mass is 16.5. The summed E-state index contributed by atoms with van der Waals surface area (Å²) in [6.45, 7) is 6.87. The largest absolute Gasteiger partial charge is 0.493 e. The minimum atomic E-state index is -0.134. The molecule has 0 aliphatic heterocycles. The summed E-state index contributed by atoms with van der Waals surface area (Å²) in [6, 6.07) is 14.7. The number of ether oxygens (including phenoxy) is 1. The van der Waals surface area contributed by atoms with Gasteiger partial charge in [-0.3, -0.25) is 4.79 Å². The molecule has 0 saturated carbocycles. The summed E-state index contributed by atoms with van der Waals surface area (Å²) in [5.41, 5.74) is 7.88. The van der Waals surface area contributed by atoms with E-state index in [9.17, 15) is 4.79 Å². The number of carbonyl (C=O) groups is 1. The first kappa shape index (κ1) is 16.9. The van der Waals surface area contributed by atoms with Crippen LogP contribution in [0.4, 0.5) is 5.69 Å². The predicted octanol–water partition coefficient (Wildman–Crippen LogP) is 3.79. The quantitative estimate of drug-likeness (QED) is 0.798. The molecule has 0 radical (unpaired) electrons. The maximum absolute atomic E-state index is 12.2. The Balaban J connectivity index is 1.97. The summed E-state index contributed by atoms with van der Waals surface area (Å²) in [5.74, 6) is 1.20. The molecule has 1 atom stereocenters. The van der Waals surface area contributed by atoms with E-state index in [-0.39, 0.29) is 11.9 Å². The van der Waals surface area contributed by atoms with E-state index in [4.69, 9.17) is 10.5 Å². The van der Waals surface area contributed by atoms with Crippen LogP contribution in [-0.4, -0.2) is 12.5 Å². The van der Waals surface area contributed by atoms with Crippen LogP contribution in [0.2, 0.25) is 0 Å². The van der Waals surface area contributed by atoms with Crippen molar-refractivity contribution in [3.05, 3.63) is 59.7 Å². The first-order valence-corrected chi connectivity index (χ1v) is 7.85. The molecule has 2 aromatic carbocycles. The van der Waals surface area contributed by atoms with Crippen LogP contribution in [0.5, 0.6) is 5.75 Å². The first-order chi connectivity index (χ1) is 11.0. The summed E-state index contributed by atoms with van der Waals surface area (Å²) in [7, 11) is 0. The number of rotatable bonds is 6. The number of benzene rings is 2. The second-order valence-corrected chi connectivity index (χ2v) is 6.09. The van der Waals surface area contributed by atoms with Crippen LogP contribution >= 0.6 is 0 Å². The van der Waals surface area contributed by atoms with Crippen molar-refractivity contribution in [1.29, 1.82) is 0 Å². The van der Waals surface area contributed by atoms with Crippen molar-refractivity contribution in [2.24, 2.45) is 5.92 Å². The van der Waals surface area contributed by atoms with Gasteiger partial charge in [-0.2, -0.15) is 0 Å². The van der Waals surface area contributed by atoms with Gasteiger partial charge in [0.25, 0.3) is 5.91 Å². The molecule has 3 N–H and O–H groups in total. The van der Waals surface area contributed by atoms with Gasteiger partial charge in [0.2, 0.25) is 0 Å². The lowest BCUT2D eigenvalue weighted by Gasteiger charge is -2.15. The van der Waals surface area contributed by atoms with Crippen LogP contribution in [0, 0.1) is 5.92 Å². The lowest BCUT2D eigenvalue weighted by atomic mass is 10.1. The van der Waals surface area contributed by atoms with Gasteiger partial charge in [0.15, 0.2) is 0 Å². The number of hydrogen-bond donors (Lipinski definition) is 2. The molecule has 0 fully saturated rings. The van der Waals surface area contributed by atoms with Gasteiger partial charge in [-0.1, -0.05) is 32.0 Å². The van der Waals surface area contributed by atoms with E-state index in [1.807, 2.05) is 31.2 Å². The third-order valence-electron chi connectivity index (χ3n) is 3.46. The molecule has 23 heavy (non-hydrogen) atoms. The zero-order valence-corrected chi connectivity index (χ0v) is 13.9. The summed E-state index contributed by atoms with van der Waals surface area (Å²) in [4.78, 5) is 12.2. The van der Waals surface area contributed by atoms with Gasteiger partial charge in [-0.05, 0) is 48.7 Å². The molecule has 1 amide bonds. The molecule has 1 unspecified atom stereocenters. The molecule has 122 valence electrons. The Labute approximate surface area is 137 Å².